The number of anilines is 2. The molecule has 134 valence electrons. The van der Waals surface area contributed by atoms with Gasteiger partial charge in [0.15, 0.2) is 0 Å². The minimum Gasteiger partial charge on any atom is -0.496 e. The second kappa shape index (κ2) is 7.84. The molecule has 1 aromatic carbocycles. The van der Waals surface area contributed by atoms with Crippen LogP contribution in [-0.2, 0) is 0 Å². The van der Waals surface area contributed by atoms with Crippen LogP contribution < -0.4 is 10.1 Å². The van der Waals surface area contributed by atoms with Crippen LogP contribution >= 0.6 is 27.3 Å². The number of carbonyl (C=O) groups is 1. The summed E-state index contributed by atoms with van der Waals surface area (Å²) in [5.74, 6) is 0.844. The first-order chi connectivity index (χ1) is 12.5. The lowest BCUT2D eigenvalue weighted by molar-refractivity contribution is 0.0824. The minimum absolute atomic E-state index is 0.136. The monoisotopic (exact) mass is 432 g/mol. The zero-order chi connectivity index (χ0) is 18.7. The van der Waals surface area contributed by atoms with Crippen molar-refractivity contribution in [3.05, 3.63) is 51.9 Å². The molecule has 0 bridgehead atoms. The third-order valence-corrected chi connectivity index (χ3v) is 5.22. The maximum absolute atomic E-state index is 12.4. The maximum atomic E-state index is 12.4. The number of hydrogen-bond acceptors (Lipinski definition) is 6. The number of nitrogens with one attached hydrogen (secondary N) is 1. The fourth-order valence-electron chi connectivity index (χ4n) is 2.33. The normalized spacial score (nSPS) is 10.5. The van der Waals surface area contributed by atoms with Crippen LogP contribution in [0, 0.1) is 0 Å². The van der Waals surface area contributed by atoms with Gasteiger partial charge < -0.3 is 15.0 Å². The highest BCUT2D eigenvalue weighted by atomic mass is 79.9. The number of halogens is 1. The summed E-state index contributed by atoms with van der Waals surface area (Å²) in [7, 11) is 4.95. The Bertz CT molecular complexity index is 942. The van der Waals surface area contributed by atoms with E-state index in [4.69, 9.17) is 4.74 Å². The van der Waals surface area contributed by atoms with Gasteiger partial charge in [-0.25, -0.2) is 9.97 Å². The van der Waals surface area contributed by atoms with Crippen molar-refractivity contribution in [3.63, 3.8) is 0 Å². The maximum Gasteiger partial charge on any atom is 0.257 e. The summed E-state index contributed by atoms with van der Waals surface area (Å²) >= 11 is 5.06. The van der Waals surface area contributed by atoms with E-state index in [1.807, 2.05) is 24.3 Å². The number of aromatic nitrogens is 2. The first-order valence-electron chi connectivity index (χ1n) is 7.73. The van der Waals surface area contributed by atoms with Crippen LogP contribution in [0.25, 0.3) is 10.6 Å². The SMILES string of the molecule is COc1ccc(Nc2nccc(-c3ccc(Br)s3)n2)cc1C(=O)N(C)C. The molecule has 8 heteroatoms. The summed E-state index contributed by atoms with van der Waals surface area (Å²) in [5, 5.41) is 3.15. The Morgan fingerprint density at radius 1 is 1.23 bits per heavy atom. The lowest BCUT2D eigenvalue weighted by atomic mass is 10.1. The molecular formula is C18H17BrN4O2S. The van der Waals surface area contributed by atoms with Crippen LogP contribution in [0.3, 0.4) is 0 Å². The smallest absolute Gasteiger partial charge is 0.257 e. The van der Waals surface area contributed by atoms with E-state index in [2.05, 4.69) is 31.2 Å². The summed E-state index contributed by atoms with van der Waals surface area (Å²) in [6, 6.07) is 11.2. The predicted octanol–water partition coefficient (Wildman–Crippen LogP) is 4.42. The second-order valence-corrected chi connectivity index (χ2v) is 8.07. The molecule has 0 unspecified atom stereocenters. The topological polar surface area (TPSA) is 67.3 Å². The van der Waals surface area contributed by atoms with Gasteiger partial charge in [-0.15, -0.1) is 11.3 Å². The zero-order valence-electron chi connectivity index (χ0n) is 14.5. The molecule has 0 atom stereocenters. The molecule has 2 heterocycles. The van der Waals surface area contributed by atoms with Crippen molar-refractivity contribution in [1.29, 1.82) is 0 Å². The highest BCUT2D eigenvalue weighted by molar-refractivity contribution is 9.11. The first-order valence-corrected chi connectivity index (χ1v) is 9.34. The van der Waals surface area contributed by atoms with E-state index in [1.165, 1.54) is 4.90 Å². The summed E-state index contributed by atoms with van der Waals surface area (Å²) in [5.41, 5.74) is 2.01. The highest BCUT2D eigenvalue weighted by Gasteiger charge is 2.15. The van der Waals surface area contributed by atoms with Gasteiger partial charge in [0.05, 0.1) is 27.0 Å². The van der Waals surface area contributed by atoms with Gasteiger partial charge in [-0.05, 0) is 52.3 Å². The lowest BCUT2D eigenvalue weighted by Crippen LogP contribution is -2.22. The standard InChI is InChI=1S/C18H17BrN4O2S/c1-23(2)17(24)12-10-11(4-5-14(12)25-3)21-18-20-9-8-13(22-18)15-6-7-16(19)26-15/h4-10H,1-3H3,(H,20,21,22). The van der Waals surface area contributed by atoms with E-state index in [-0.39, 0.29) is 5.91 Å². The molecule has 1 N–H and O–H groups in total. The van der Waals surface area contributed by atoms with Crippen molar-refractivity contribution in [2.24, 2.45) is 0 Å². The number of carbonyl (C=O) groups excluding carboxylic acids is 1. The molecular weight excluding hydrogens is 416 g/mol. The van der Waals surface area contributed by atoms with E-state index < -0.39 is 0 Å². The molecule has 0 spiro atoms. The van der Waals surface area contributed by atoms with Crippen molar-refractivity contribution in [2.45, 2.75) is 0 Å². The van der Waals surface area contributed by atoms with Crippen LogP contribution in [0.2, 0.25) is 0 Å². The molecule has 0 radical (unpaired) electrons. The van der Waals surface area contributed by atoms with Gasteiger partial charge in [-0.3, -0.25) is 4.79 Å². The fraction of sp³-hybridized carbons (Fsp3) is 0.167. The average Bonchev–Trinajstić information content (AvgIpc) is 3.07. The van der Waals surface area contributed by atoms with Gasteiger partial charge in [-0.2, -0.15) is 0 Å². The van der Waals surface area contributed by atoms with Crippen molar-refractivity contribution < 1.29 is 9.53 Å². The number of ether oxygens (including phenoxy) is 1. The van der Waals surface area contributed by atoms with E-state index in [9.17, 15) is 4.79 Å². The Morgan fingerprint density at radius 2 is 2.04 bits per heavy atom. The van der Waals surface area contributed by atoms with Gasteiger partial charge in [-0.1, -0.05) is 0 Å². The Hall–Kier alpha value is -2.45. The number of nitrogens with zero attached hydrogens (tertiary/aromatic N) is 3. The van der Waals surface area contributed by atoms with Crippen LogP contribution in [0.15, 0.2) is 46.4 Å². The molecule has 3 rings (SSSR count). The van der Waals surface area contributed by atoms with E-state index in [0.29, 0.717) is 22.9 Å². The molecule has 0 aliphatic carbocycles. The Morgan fingerprint density at radius 3 is 2.69 bits per heavy atom. The highest BCUT2D eigenvalue weighted by Crippen LogP contribution is 2.31. The average molecular weight is 433 g/mol. The Balaban J connectivity index is 1.89. The molecule has 26 heavy (non-hydrogen) atoms. The molecule has 3 aromatic rings. The molecule has 6 nitrogen and oxygen atoms in total. The van der Waals surface area contributed by atoms with Gasteiger partial charge in [0.2, 0.25) is 5.95 Å². The van der Waals surface area contributed by atoms with E-state index >= 15 is 0 Å². The van der Waals surface area contributed by atoms with Gasteiger partial charge in [0, 0.05) is 26.0 Å². The Kier molecular flexibility index (Phi) is 5.53. The van der Waals surface area contributed by atoms with Crippen molar-refractivity contribution in [1.82, 2.24) is 14.9 Å². The summed E-state index contributed by atoms with van der Waals surface area (Å²) in [6.07, 6.45) is 1.70. The van der Waals surface area contributed by atoms with Crippen LogP contribution in [0.4, 0.5) is 11.6 Å². The Labute approximate surface area is 164 Å². The quantitative estimate of drug-likeness (QED) is 0.645. The largest absolute Gasteiger partial charge is 0.496 e. The number of amides is 1. The summed E-state index contributed by atoms with van der Waals surface area (Å²) in [4.78, 5) is 23.7. The number of rotatable bonds is 5. The number of hydrogen-bond donors (Lipinski definition) is 1. The van der Waals surface area contributed by atoms with Crippen molar-refractivity contribution in [3.8, 4) is 16.3 Å². The molecule has 0 fully saturated rings. The van der Waals surface area contributed by atoms with Crippen molar-refractivity contribution >= 4 is 44.8 Å². The molecule has 1 amide bonds. The van der Waals surface area contributed by atoms with Crippen molar-refractivity contribution in [2.75, 3.05) is 26.5 Å². The van der Waals surface area contributed by atoms with Crippen LogP contribution in [-0.4, -0.2) is 42.0 Å². The van der Waals surface area contributed by atoms with Crippen LogP contribution in [0.5, 0.6) is 5.75 Å². The summed E-state index contributed by atoms with van der Waals surface area (Å²) < 4.78 is 6.34. The number of thiophene rings is 1. The third kappa shape index (κ3) is 4.03. The first kappa shape index (κ1) is 18.3. The van der Waals surface area contributed by atoms with Gasteiger partial charge in [0.25, 0.3) is 5.91 Å². The second-order valence-electron chi connectivity index (χ2n) is 5.61. The van der Waals surface area contributed by atoms with Crippen LogP contribution in [0.1, 0.15) is 10.4 Å². The summed E-state index contributed by atoms with van der Waals surface area (Å²) in [6.45, 7) is 0. The predicted molar refractivity (Wildman–Crippen MR) is 107 cm³/mol. The number of methoxy groups -OCH3 is 1. The molecule has 0 saturated heterocycles. The number of benzene rings is 1. The molecule has 0 aliphatic heterocycles. The minimum atomic E-state index is -0.136. The van der Waals surface area contributed by atoms with Gasteiger partial charge >= 0.3 is 0 Å². The zero-order valence-corrected chi connectivity index (χ0v) is 16.9. The third-order valence-electron chi connectivity index (χ3n) is 3.57. The molecule has 0 aliphatic rings. The molecule has 0 saturated carbocycles. The lowest BCUT2D eigenvalue weighted by Gasteiger charge is -2.15. The van der Waals surface area contributed by atoms with E-state index in [1.54, 1.807) is 50.9 Å². The van der Waals surface area contributed by atoms with Gasteiger partial charge in [0.1, 0.15) is 5.75 Å². The molecule has 2 aromatic heterocycles. The van der Waals surface area contributed by atoms with E-state index in [0.717, 1.165) is 14.4 Å². The fourth-order valence-corrected chi connectivity index (χ4v) is 3.69.